The molecule has 23 heavy (non-hydrogen) atoms. The number of likely N-dealkylation sites (tertiary alicyclic amines) is 1. The highest BCUT2D eigenvalue weighted by Gasteiger charge is 2.30. The van der Waals surface area contributed by atoms with Gasteiger partial charge in [0, 0.05) is 17.8 Å². The van der Waals surface area contributed by atoms with Gasteiger partial charge >= 0.3 is 0 Å². The second-order valence-electron chi connectivity index (χ2n) is 6.22. The van der Waals surface area contributed by atoms with Crippen molar-refractivity contribution < 1.29 is 9.90 Å². The van der Waals surface area contributed by atoms with Gasteiger partial charge in [-0.05, 0) is 38.1 Å². The zero-order valence-corrected chi connectivity index (χ0v) is 14.9. The summed E-state index contributed by atoms with van der Waals surface area (Å²) in [6.45, 7) is 3.84. The maximum absolute atomic E-state index is 12.7. The van der Waals surface area contributed by atoms with Crippen LogP contribution in [0.4, 0.5) is 0 Å². The van der Waals surface area contributed by atoms with E-state index in [1.54, 1.807) is 11.8 Å². The van der Waals surface area contributed by atoms with Gasteiger partial charge in [0.25, 0.3) is 0 Å². The van der Waals surface area contributed by atoms with Crippen LogP contribution in [-0.4, -0.2) is 52.7 Å². The second kappa shape index (κ2) is 9.30. The number of benzene rings is 1. The number of aliphatic hydroxyl groups excluding tert-OH is 1. The number of aliphatic hydroxyl groups is 1. The van der Waals surface area contributed by atoms with Gasteiger partial charge in [-0.25, -0.2) is 0 Å². The minimum Gasteiger partial charge on any atom is -0.395 e. The Balaban J connectivity index is 1.98. The van der Waals surface area contributed by atoms with E-state index in [1.807, 2.05) is 31.4 Å². The molecule has 2 N–H and O–H groups in total. The third kappa shape index (κ3) is 5.23. The van der Waals surface area contributed by atoms with Gasteiger partial charge in [0.2, 0.25) is 5.91 Å². The molecule has 0 aliphatic carbocycles. The van der Waals surface area contributed by atoms with Gasteiger partial charge in [-0.2, -0.15) is 11.8 Å². The van der Waals surface area contributed by atoms with Crippen LogP contribution in [0.1, 0.15) is 31.7 Å². The Morgan fingerprint density at radius 1 is 1.39 bits per heavy atom. The van der Waals surface area contributed by atoms with Crippen LogP contribution in [0.25, 0.3) is 0 Å². The lowest BCUT2D eigenvalue weighted by molar-refractivity contribution is -0.128. The smallest absolute Gasteiger partial charge is 0.237 e. The highest BCUT2D eigenvalue weighted by Crippen LogP contribution is 2.20. The third-order valence-electron chi connectivity index (χ3n) is 4.56. The van der Waals surface area contributed by atoms with Crippen LogP contribution in [0.2, 0.25) is 0 Å². The Labute approximate surface area is 143 Å². The Hall–Kier alpha value is -1.04. The Morgan fingerprint density at radius 2 is 2.13 bits per heavy atom. The third-order valence-corrected chi connectivity index (χ3v) is 5.72. The zero-order valence-electron chi connectivity index (χ0n) is 14.1. The number of hydrogen-bond acceptors (Lipinski definition) is 4. The summed E-state index contributed by atoms with van der Waals surface area (Å²) in [4.78, 5) is 15.0. The number of rotatable bonds is 7. The molecule has 1 aromatic carbocycles. The number of piperidine rings is 1. The van der Waals surface area contributed by atoms with Gasteiger partial charge in [-0.3, -0.25) is 9.69 Å². The molecule has 1 amide bonds. The number of thioether (sulfide) groups is 1. The summed E-state index contributed by atoms with van der Waals surface area (Å²) in [5.74, 6) is 0.0978. The van der Waals surface area contributed by atoms with Crippen molar-refractivity contribution in [1.29, 1.82) is 0 Å². The van der Waals surface area contributed by atoms with Crippen molar-refractivity contribution in [3.63, 3.8) is 0 Å². The molecule has 128 valence electrons. The second-order valence-corrected chi connectivity index (χ2v) is 7.30. The summed E-state index contributed by atoms with van der Waals surface area (Å²) < 4.78 is 0. The Bertz CT molecular complexity index is 479. The van der Waals surface area contributed by atoms with Crippen molar-refractivity contribution in [2.45, 2.75) is 50.1 Å². The fourth-order valence-corrected chi connectivity index (χ4v) is 3.77. The van der Waals surface area contributed by atoms with E-state index in [0.717, 1.165) is 32.4 Å². The van der Waals surface area contributed by atoms with Crippen LogP contribution in [-0.2, 0) is 11.3 Å². The first-order chi connectivity index (χ1) is 11.2. The van der Waals surface area contributed by atoms with Crippen molar-refractivity contribution in [2.75, 3.05) is 19.4 Å². The van der Waals surface area contributed by atoms with Crippen molar-refractivity contribution in [2.24, 2.45) is 0 Å². The van der Waals surface area contributed by atoms with Crippen LogP contribution < -0.4 is 5.32 Å². The molecule has 0 spiro atoms. The maximum Gasteiger partial charge on any atom is 0.237 e. The fraction of sp³-hybridized carbons (Fsp3) is 0.611. The normalized spacial score (nSPS) is 21.6. The maximum atomic E-state index is 12.7. The first-order valence-electron chi connectivity index (χ1n) is 8.37. The van der Waals surface area contributed by atoms with Gasteiger partial charge in [-0.1, -0.05) is 36.8 Å². The summed E-state index contributed by atoms with van der Waals surface area (Å²) in [6.07, 6.45) is 5.13. The van der Waals surface area contributed by atoms with E-state index >= 15 is 0 Å². The molecule has 1 heterocycles. The molecule has 3 unspecified atom stereocenters. The van der Waals surface area contributed by atoms with E-state index in [2.05, 4.69) is 22.3 Å². The summed E-state index contributed by atoms with van der Waals surface area (Å²) in [5.41, 5.74) is 1.25. The molecule has 3 atom stereocenters. The first-order valence-corrected chi connectivity index (χ1v) is 9.66. The SMILES string of the molecule is CSC(CO)C(C)NC(=O)C1CCCCN1Cc1ccccc1. The molecule has 5 heteroatoms. The summed E-state index contributed by atoms with van der Waals surface area (Å²) in [5, 5.41) is 12.5. The van der Waals surface area contributed by atoms with Crippen molar-refractivity contribution in [3.05, 3.63) is 35.9 Å². The van der Waals surface area contributed by atoms with E-state index < -0.39 is 0 Å². The monoisotopic (exact) mass is 336 g/mol. The molecule has 1 aliphatic rings. The highest BCUT2D eigenvalue weighted by atomic mass is 32.2. The Kier molecular flexibility index (Phi) is 7.40. The Morgan fingerprint density at radius 3 is 2.78 bits per heavy atom. The van der Waals surface area contributed by atoms with E-state index in [4.69, 9.17) is 0 Å². The lowest BCUT2D eigenvalue weighted by Gasteiger charge is -2.36. The van der Waals surface area contributed by atoms with Gasteiger partial charge in [0.15, 0.2) is 0 Å². The predicted molar refractivity (Wildman–Crippen MR) is 96.5 cm³/mol. The number of amides is 1. The molecule has 0 saturated carbocycles. The quantitative estimate of drug-likeness (QED) is 0.802. The average molecular weight is 337 g/mol. The van der Waals surface area contributed by atoms with Crippen molar-refractivity contribution >= 4 is 17.7 Å². The molecular weight excluding hydrogens is 308 g/mol. The minimum absolute atomic E-state index is 0.0250. The standard InChI is InChI=1S/C18H28N2O2S/c1-14(17(13-21)23-2)19-18(22)16-10-6-7-11-20(16)12-15-8-4-3-5-9-15/h3-5,8-9,14,16-17,21H,6-7,10-13H2,1-2H3,(H,19,22). The summed E-state index contributed by atoms with van der Waals surface area (Å²) in [7, 11) is 0. The highest BCUT2D eigenvalue weighted by molar-refractivity contribution is 7.99. The number of hydrogen-bond donors (Lipinski definition) is 2. The number of nitrogens with one attached hydrogen (secondary N) is 1. The van der Waals surface area contributed by atoms with E-state index in [-0.39, 0.29) is 29.8 Å². The number of carbonyl (C=O) groups is 1. The van der Waals surface area contributed by atoms with Crippen LogP contribution in [0, 0.1) is 0 Å². The van der Waals surface area contributed by atoms with E-state index in [1.165, 1.54) is 5.56 Å². The molecule has 0 bridgehead atoms. The fourth-order valence-electron chi connectivity index (χ4n) is 3.15. The molecule has 1 aliphatic heterocycles. The van der Waals surface area contributed by atoms with Crippen LogP contribution in [0.3, 0.4) is 0 Å². The largest absolute Gasteiger partial charge is 0.395 e. The lowest BCUT2D eigenvalue weighted by Crippen LogP contribution is -2.53. The van der Waals surface area contributed by atoms with Crippen LogP contribution in [0.5, 0.6) is 0 Å². The molecule has 1 saturated heterocycles. The summed E-state index contributed by atoms with van der Waals surface area (Å²) in [6, 6.07) is 10.2. The van der Waals surface area contributed by atoms with Crippen LogP contribution >= 0.6 is 11.8 Å². The van der Waals surface area contributed by atoms with E-state index in [0.29, 0.717) is 0 Å². The average Bonchev–Trinajstić information content (AvgIpc) is 2.57. The summed E-state index contributed by atoms with van der Waals surface area (Å²) >= 11 is 1.59. The topological polar surface area (TPSA) is 52.6 Å². The predicted octanol–water partition coefficient (Wildman–Crippen LogP) is 2.27. The molecule has 4 nitrogen and oxygen atoms in total. The lowest BCUT2D eigenvalue weighted by atomic mass is 10.00. The minimum atomic E-state index is -0.0624. The molecule has 0 radical (unpaired) electrons. The molecular formula is C18H28N2O2S. The van der Waals surface area contributed by atoms with Crippen molar-refractivity contribution in [1.82, 2.24) is 10.2 Å². The molecule has 1 fully saturated rings. The molecule has 2 rings (SSSR count). The van der Waals surface area contributed by atoms with Gasteiger partial charge in [0.05, 0.1) is 12.6 Å². The number of nitrogens with zero attached hydrogens (tertiary/aromatic N) is 1. The van der Waals surface area contributed by atoms with Gasteiger partial charge in [-0.15, -0.1) is 0 Å². The zero-order chi connectivity index (χ0) is 16.7. The first kappa shape index (κ1) is 18.3. The van der Waals surface area contributed by atoms with Gasteiger partial charge in [0.1, 0.15) is 0 Å². The molecule has 0 aromatic heterocycles. The number of carbonyl (C=O) groups excluding carboxylic acids is 1. The van der Waals surface area contributed by atoms with E-state index in [9.17, 15) is 9.90 Å². The molecule has 1 aromatic rings. The van der Waals surface area contributed by atoms with Crippen molar-refractivity contribution in [3.8, 4) is 0 Å². The van der Waals surface area contributed by atoms with Gasteiger partial charge < -0.3 is 10.4 Å². The van der Waals surface area contributed by atoms with Crippen LogP contribution in [0.15, 0.2) is 30.3 Å².